The third-order valence-electron chi connectivity index (χ3n) is 2.88. The molecule has 1 heterocycles. The van der Waals surface area contributed by atoms with E-state index < -0.39 is 23.9 Å². The molecule has 10 heteroatoms. The van der Waals surface area contributed by atoms with E-state index >= 15 is 0 Å². The predicted molar refractivity (Wildman–Crippen MR) is 75.3 cm³/mol. The van der Waals surface area contributed by atoms with Gasteiger partial charge in [-0.3, -0.25) is 9.59 Å². The number of benzene rings is 1. The molecular weight excluding hydrogens is 329 g/mol. The number of hydrogen-bond donors (Lipinski definition) is 2. The van der Waals surface area contributed by atoms with Crippen molar-refractivity contribution >= 4 is 11.8 Å². The number of halogens is 3. The zero-order valence-electron chi connectivity index (χ0n) is 12.5. The highest BCUT2D eigenvalue weighted by Gasteiger charge is 2.38. The molecule has 2 amide bonds. The Morgan fingerprint density at radius 1 is 1.12 bits per heavy atom. The molecule has 0 spiro atoms. The molecule has 7 nitrogen and oxygen atoms in total. The number of alkyl halides is 3. The molecule has 0 bridgehead atoms. The van der Waals surface area contributed by atoms with Crippen LogP contribution in [-0.2, 0) is 22.3 Å². The van der Waals surface area contributed by atoms with Crippen LogP contribution in [-0.4, -0.2) is 28.5 Å². The van der Waals surface area contributed by atoms with Crippen LogP contribution in [0.1, 0.15) is 18.4 Å². The van der Waals surface area contributed by atoms with Gasteiger partial charge in [-0.1, -0.05) is 29.4 Å². The van der Waals surface area contributed by atoms with Crippen LogP contribution in [0.15, 0.2) is 28.8 Å². The normalized spacial score (nSPS) is 11.2. The molecule has 0 aliphatic carbocycles. The van der Waals surface area contributed by atoms with E-state index in [9.17, 15) is 22.8 Å². The van der Waals surface area contributed by atoms with Crippen molar-refractivity contribution in [3.63, 3.8) is 0 Å². The number of nitrogens with zero attached hydrogens (tertiary/aromatic N) is 2. The number of nitrogens with one attached hydrogen (secondary N) is 2. The molecule has 2 aromatic rings. The van der Waals surface area contributed by atoms with Gasteiger partial charge in [-0.15, -0.1) is 0 Å². The highest BCUT2D eigenvalue weighted by molar-refractivity contribution is 6.35. The second-order valence-corrected chi connectivity index (χ2v) is 4.66. The summed E-state index contributed by atoms with van der Waals surface area (Å²) in [7, 11) is 0. The van der Waals surface area contributed by atoms with E-state index in [0.29, 0.717) is 17.7 Å². The quantitative estimate of drug-likeness (QED) is 0.821. The largest absolute Gasteiger partial charge is 0.471 e. The molecule has 2 N–H and O–H groups in total. The summed E-state index contributed by atoms with van der Waals surface area (Å²) in [5.74, 6) is -3.12. The lowest BCUT2D eigenvalue weighted by molar-refractivity contribution is -0.159. The van der Waals surface area contributed by atoms with Crippen molar-refractivity contribution in [1.82, 2.24) is 20.8 Å². The molecular formula is C14H13F3N4O3. The number of likely N-dealkylation sites (N-methyl/N-ethyl adjacent to an activating group) is 1. The summed E-state index contributed by atoms with van der Waals surface area (Å²) >= 11 is 0. The van der Waals surface area contributed by atoms with Gasteiger partial charge in [-0.25, -0.2) is 0 Å². The summed E-state index contributed by atoms with van der Waals surface area (Å²) < 4.78 is 41.4. The Bertz CT molecular complexity index is 726. The minimum Gasteiger partial charge on any atom is -0.348 e. The fraction of sp³-hybridized carbons (Fsp3) is 0.286. The van der Waals surface area contributed by atoms with Crippen LogP contribution >= 0.6 is 0 Å². The van der Waals surface area contributed by atoms with Gasteiger partial charge in [0.25, 0.3) is 0 Å². The van der Waals surface area contributed by atoms with E-state index in [-0.39, 0.29) is 12.4 Å². The van der Waals surface area contributed by atoms with Crippen molar-refractivity contribution in [2.24, 2.45) is 0 Å². The fourth-order valence-corrected chi connectivity index (χ4v) is 1.73. The standard InChI is InChI=1S/C14H13F3N4O3/c1-2-18-11(22)12(23)19-7-8-3-5-9(6-4-8)10-20-13(24-21-10)14(15,16)17/h3-6H,2,7H2,1H3,(H,18,22)(H,19,23). The second kappa shape index (κ2) is 7.11. The zero-order chi connectivity index (χ0) is 17.7. The molecule has 0 aliphatic rings. The molecule has 2 rings (SSSR count). The highest BCUT2D eigenvalue weighted by Crippen LogP contribution is 2.29. The zero-order valence-corrected chi connectivity index (χ0v) is 12.5. The number of rotatable bonds is 4. The molecule has 0 radical (unpaired) electrons. The first kappa shape index (κ1) is 17.4. The molecule has 1 aromatic heterocycles. The van der Waals surface area contributed by atoms with Crippen molar-refractivity contribution in [2.45, 2.75) is 19.6 Å². The van der Waals surface area contributed by atoms with Gasteiger partial charge in [-0.2, -0.15) is 18.2 Å². The fourth-order valence-electron chi connectivity index (χ4n) is 1.73. The Labute approximate surface area is 134 Å². The average molecular weight is 342 g/mol. The van der Waals surface area contributed by atoms with Gasteiger partial charge in [0.2, 0.25) is 5.82 Å². The summed E-state index contributed by atoms with van der Waals surface area (Å²) in [4.78, 5) is 25.9. The Morgan fingerprint density at radius 3 is 2.29 bits per heavy atom. The van der Waals surface area contributed by atoms with Gasteiger partial charge in [0.05, 0.1) is 0 Å². The van der Waals surface area contributed by atoms with Crippen LogP contribution in [0.2, 0.25) is 0 Å². The van der Waals surface area contributed by atoms with Crippen molar-refractivity contribution < 1.29 is 27.3 Å². The molecule has 1 aromatic carbocycles. The van der Waals surface area contributed by atoms with Crippen molar-refractivity contribution in [1.29, 1.82) is 0 Å². The Balaban J connectivity index is 1.99. The summed E-state index contributed by atoms with van der Waals surface area (Å²) in [6.07, 6.45) is -4.70. The highest BCUT2D eigenvalue weighted by atomic mass is 19.4. The van der Waals surface area contributed by atoms with Crippen LogP contribution in [0.4, 0.5) is 13.2 Å². The predicted octanol–water partition coefficient (Wildman–Crippen LogP) is 1.51. The third kappa shape index (κ3) is 4.31. The van der Waals surface area contributed by atoms with Gasteiger partial charge in [-0.05, 0) is 12.5 Å². The maximum Gasteiger partial charge on any atom is 0.471 e. The minimum absolute atomic E-state index is 0.0935. The average Bonchev–Trinajstić information content (AvgIpc) is 3.03. The topological polar surface area (TPSA) is 97.1 Å². The summed E-state index contributed by atoms with van der Waals surface area (Å²) in [6, 6.07) is 6.10. The number of carbonyl (C=O) groups excluding carboxylic acids is 2. The Morgan fingerprint density at radius 2 is 1.75 bits per heavy atom. The number of carbonyl (C=O) groups is 2. The SMILES string of the molecule is CCNC(=O)C(=O)NCc1ccc(-c2noc(C(F)(F)F)n2)cc1. The molecule has 0 atom stereocenters. The van der Waals surface area contributed by atoms with E-state index in [1.165, 1.54) is 12.1 Å². The first-order chi connectivity index (χ1) is 11.3. The minimum atomic E-state index is -4.70. The summed E-state index contributed by atoms with van der Waals surface area (Å²) in [5.41, 5.74) is 0.976. The molecule has 0 unspecified atom stereocenters. The van der Waals surface area contributed by atoms with Crippen molar-refractivity contribution in [2.75, 3.05) is 6.54 Å². The first-order valence-electron chi connectivity index (χ1n) is 6.87. The lowest BCUT2D eigenvalue weighted by atomic mass is 10.1. The lowest BCUT2D eigenvalue weighted by Gasteiger charge is -2.05. The number of aromatic nitrogens is 2. The maximum atomic E-state index is 12.4. The molecule has 0 aliphatic heterocycles. The van der Waals surface area contributed by atoms with E-state index in [4.69, 9.17) is 0 Å². The van der Waals surface area contributed by atoms with Gasteiger partial charge in [0, 0.05) is 18.7 Å². The molecule has 0 saturated heterocycles. The number of hydrogen-bond acceptors (Lipinski definition) is 5. The smallest absolute Gasteiger partial charge is 0.348 e. The van der Waals surface area contributed by atoms with Crippen molar-refractivity contribution in [3.8, 4) is 11.4 Å². The van der Waals surface area contributed by atoms with Crippen LogP contribution in [0.3, 0.4) is 0 Å². The van der Waals surface area contributed by atoms with Gasteiger partial charge >= 0.3 is 23.9 Å². The van der Waals surface area contributed by atoms with E-state index in [0.717, 1.165) is 0 Å². The van der Waals surface area contributed by atoms with Gasteiger partial charge < -0.3 is 15.2 Å². The first-order valence-corrected chi connectivity index (χ1v) is 6.87. The third-order valence-corrected chi connectivity index (χ3v) is 2.88. The lowest BCUT2D eigenvalue weighted by Crippen LogP contribution is -2.39. The van der Waals surface area contributed by atoms with Crippen LogP contribution < -0.4 is 10.6 Å². The van der Waals surface area contributed by atoms with E-state index in [1.807, 2.05) is 0 Å². The summed E-state index contributed by atoms with van der Waals surface area (Å²) in [6.45, 7) is 2.12. The molecule has 128 valence electrons. The Hall–Kier alpha value is -2.91. The van der Waals surface area contributed by atoms with Crippen LogP contribution in [0, 0.1) is 0 Å². The van der Waals surface area contributed by atoms with Gasteiger partial charge in [0.15, 0.2) is 0 Å². The maximum absolute atomic E-state index is 12.4. The molecule has 0 saturated carbocycles. The van der Waals surface area contributed by atoms with E-state index in [1.54, 1.807) is 19.1 Å². The molecule has 0 fully saturated rings. The van der Waals surface area contributed by atoms with Crippen LogP contribution in [0.25, 0.3) is 11.4 Å². The monoisotopic (exact) mass is 342 g/mol. The number of amides is 2. The van der Waals surface area contributed by atoms with Crippen molar-refractivity contribution in [3.05, 3.63) is 35.7 Å². The van der Waals surface area contributed by atoms with Gasteiger partial charge in [0.1, 0.15) is 0 Å². The van der Waals surface area contributed by atoms with E-state index in [2.05, 4.69) is 25.3 Å². The Kier molecular flexibility index (Phi) is 5.17. The van der Waals surface area contributed by atoms with Crippen LogP contribution in [0.5, 0.6) is 0 Å². The molecule has 24 heavy (non-hydrogen) atoms. The second-order valence-electron chi connectivity index (χ2n) is 4.66. The summed E-state index contributed by atoms with van der Waals surface area (Å²) in [5, 5.41) is 8.05.